The highest BCUT2D eigenvalue weighted by atomic mass is 35.5. The summed E-state index contributed by atoms with van der Waals surface area (Å²) in [6.45, 7) is 0. The van der Waals surface area contributed by atoms with E-state index >= 15 is 0 Å². The summed E-state index contributed by atoms with van der Waals surface area (Å²) < 4.78 is 21.5. The lowest BCUT2D eigenvalue weighted by molar-refractivity contribution is 0.241. The number of hydrogen-bond acceptors (Lipinski definition) is 3. The van der Waals surface area contributed by atoms with E-state index in [1.807, 2.05) is 0 Å². The van der Waals surface area contributed by atoms with Crippen LogP contribution in [0.5, 0.6) is 0 Å². The van der Waals surface area contributed by atoms with Crippen LogP contribution in [0, 0.1) is 0 Å². The van der Waals surface area contributed by atoms with E-state index in [2.05, 4.69) is 0 Å². The minimum absolute atomic E-state index is 0. The molecule has 0 aromatic rings. The Bertz CT molecular complexity index is 234. The van der Waals surface area contributed by atoms with E-state index < -0.39 is 9.84 Å². The molecule has 0 bridgehead atoms. The quantitative estimate of drug-likeness (QED) is 0.752. The molecule has 2 N–H and O–H groups in total. The van der Waals surface area contributed by atoms with Crippen LogP contribution in [-0.4, -0.2) is 26.0 Å². The van der Waals surface area contributed by atoms with Gasteiger partial charge in [0.1, 0.15) is 9.84 Å². The van der Waals surface area contributed by atoms with Crippen LogP contribution in [0.1, 0.15) is 25.7 Å². The first-order valence-electron chi connectivity index (χ1n) is 3.88. The molecule has 1 aliphatic rings. The van der Waals surface area contributed by atoms with Crippen LogP contribution < -0.4 is 5.73 Å². The molecular weight excluding hydrogens is 198 g/mol. The van der Waals surface area contributed by atoms with Gasteiger partial charge in [-0.05, 0) is 25.7 Å². The van der Waals surface area contributed by atoms with Gasteiger partial charge in [-0.15, -0.1) is 12.4 Å². The zero-order valence-electron chi connectivity index (χ0n) is 7.25. The Labute approximate surface area is 80.0 Å². The van der Waals surface area contributed by atoms with Crippen molar-refractivity contribution in [3.63, 3.8) is 0 Å². The fraction of sp³-hybridized carbons (Fsp3) is 1.00. The Morgan fingerprint density at radius 2 is 1.92 bits per heavy atom. The fourth-order valence-electron chi connectivity index (χ4n) is 1.27. The summed E-state index contributed by atoms with van der Waals surface area (Å²) in [7, 11) is -2.81. The van der Waals surface area contributed by atoms with Gasteiger partial charge in [-0.3, -0.25) is 0 Å². The maximum atomic E-state index is 10.8. The van der Waals surface area contributed by atoms with Crippen LogP contribution in [-0.2, 0) is 9.84 Å². The number of halogens is 1. The molecule has 0 aromatic heterocycles. The zero-order valence-corrected chi connectivity index (χ0v) is 8.88. The van der Waals surface area contributed by atoms with Crippen molar-refractivity contribution >= 4 is 22.2 Å². The summed E-state index contributed by atoms with van der Waals surface area (Å²) in [4.78, 5) is 0. The summed E-state index contributed by atoms with van der Waals surface area (Å²) in [5.74, 6) is 0.240. The van der Waals surface area contributed by atoms with Gasteiger partial charge in [0.15, 0.2) is 0 Å². The van der Waals surface area contributed by atoms with Crippen molar-refractivity contribution in [1.82, 2.24) is 0 Å². The molecule has 1 fully saturated rings. The van der Waals surface area contributed by atoms with E-state index in [1.54, 1.807) is 0 Å². The highest BCUT2D eigenvalue weighted by Crippen LogP contribution is 2.32. The molecule has 1 rings (SSSR count). The van der Waals surface area contributed by atoms with E-state index in [0.717, 1.165) is 19.3 Å². The molecule has 1 aliphatic carbocycles. The standard InChI is InChI=1S/C7H15NO2S.ClH/c1-11(9,10)6-5-7(8)3-2-4-7;/h2-6,8H2,1H3;1H. The summed E-state index contributed by atoms with van der Waals surface area (Å²) in [6.07, 6.45) is 5.02. The molecule has 0 aromatic carbocycles. The summed E-state index contributed by atoms with van der Waals surface area (Å²) >= 11 is 0. The lowest BCUT2D eigenvalue weighted by Gasteiger charge is -2.37. The van der Waals surface area contributed by atoms with Gasteiger partial charge in [0.05, 0.1) is 5.75 Å². The second kappa shape index (κ2) is 3.94. The zero-order chi connectivity index (χ0) is 8.54. The Kier molecular flexibility index (Phi) is 4.00. The summed E-state index contributed by atoms with van der Waals surface area (Å²) in [5.41, 5.74) is 5.70. The van der Waals surface area contributed by atoms with Crippen molar-refractivity contribution in [1.29, 1.82) is 0 Å². The second-order valence-corrected chi connectivity index (χ2v) is 5.86. The largest absolute Gasteiger partial charge is 0.325 e. The molecule has 1 saturated carbocycles. The third kappa shape index (κ3) is 3.74. The maximum absolute atomic E-state index is 10.8. The van der Waals surface area contributed by atoms with Crippen LogP contribution in [0.2, 0.25) is 0 Å². The summed E-state index contributed by atoms with van der Waals surface area (Å²) in [5, 5.41) is 0. The van der Waals surface area contributed by atoms with Crippen molar-refractivity contribution in [2.75, 3.05) is 12.0 Å². The van der Waals surface area contributed by atoms with Crippen LogP contribution in [0.25, 0.3) is 0 Å². The number of sulfone groups is 1. The highest BCUT2D eigenvalue weighted by Gasteiger charge is 2.32. The lowest BCUT2D eigenvalue weighted by atomic mass is 9.76. The van der Waals surface area contributed by atoms with Gasteiger partial charge in [-0.25, -0.2) is 8.42 Å². The molecule has 0 atom stereocenters. The second-order valence-electron chi connectivity index (χ2n) is 3.60. The average molecular weight is 214 g/mol. The first-order valence-corrected chi connectivity index (χ1v) is 5.94. The molecule has 12 heavy (non-hydrogen) atoms. The van der Waals surface area contributed by atoms with Gasteiger partial charge >= 0.3 is 0 Å². The minimum Gasteiger partial charge on any atom is -0.325 e. The molecule has 0 heterocycles. The van der Waals surface area contributed by atoms with Crippen molar-refractivity contribution in [3.8, 4) is 0 Å². The van der Waals surface area contributed by atoms with Crippen molar-refractivity contribution in [3.05, 3.63) is 0 Å². The first kappa shape index (κ1) is 12.2. The van der Waals surface area contributed by atoms with Gasteiger partial charge in [-0.2, -0.15) is 0 Å². The van der Waals surface area contributed by atoms with Gasteiger partial charge in [0, 0.05) is 11.8 Å². The molecular formula is C7H16ClNO2S. The molecule has 0 spiro atoms. The van der Waals surface area contributed by atoms with E-state index in [-0.39, 0.29) is 23.7 Å². The molecule has 5 heteroatoms. The van der Waals surface area contributed by atoms with Gasteiger partial charge in [0.2, 0.25) is 0 Å². The van der Waals surface area contributed by atoms with Gasteiger partial charge in [-0.1, -0.05) is 0 Å². The third-order valence-corrected chi connectivity index (χ3v) is 3.27. The van der Waals surface area contributed by atoms with Crippen molar-refractivity contribution in [2.24, 2.45) is 5.73 Å². The fourth-order valence-corrected chi connectivity index (χ4v) is 2.05. The Morgan fingerprint density at radius 1 is 1.42 bits per heavy atom. The molecule has 0 radical (unpaired) electrons. The molecule has 0 amide bonds. The van der Waals surface area contributed by atoms with Crippen LogP contribution >= 0.6 is 12.4 Å². The number of nitrogens with two attached hydrogens (primary N) is 1. The Hall–Kier alpha value is 0.200. The Balaban J connectivity index is 0.00000121. The smallest absolute Gasteiger partial charge is 0.147 e. The topological polar surface area (TPSA) is 60.2 Å². The SMILES string of the molecule is CS(=O)(=O)CCC1(N)CCC1.Cl. The van der Waals surface area contributed by atoms with E-state index in [0.29, 0.717) is 6.42 Å². The van der Waals surface area contributed by atoms with Crippen molar-refractivity contribution in [2.45, 2.75) is 31.2 Å². The third-order valence-electron chi connectivity index (χ3n) is 2.32. The normalized spacial score (nSPS) is 20.8. The van der Waals surface area contributed by atoms with Crippen LogP contribution in [0.3, 0.4) is 0 Å². The van der Waals surface area contributed by atoms with Gasteiger partial charge < -0.3 is 5.73 Å². The molecule has 0 aliphatic heterocycles. The molecule has 3 nitrogen and oxygen atoms in total. The van der Waals surface area contributed by atoms with Crippen LogP contribution in [0.15, 0.2) is 0 Å². The lowest BCUT2D eigenvalue weighted by Crippen LogP contribution is -2.47. The first-order chi connectivity index (χ1) is 4.91. The minimum atomic E-state index is -2.81. The monoisotopic (exact) mass is 213 g/mol. The van der Waals surface area contributed by atoms with E-state index in [4.69, 9.17) is 5.73 Å². The predicted octanol–water partition coefficient (Wildman–Crippen LogP) is 0.724. The number of hydrogen-bond donors (Lipinski definition) is 1. The average Bonchev–Trinajstić information content (AvgIpc) is 1.77. The molecule has 0 saturated heterocycles. The molecule has 74 valence electrons. The highest BCUT2D eigenvalue weighted by molar-refractivity contribution is 7.90. The summed E-state index contributed by atoms with van der Waals surface area (Å²) in [6, 6.07) is 0. The van der Waals surface area contributed by atoms with E-state index in [1.165, 1.54) is 6.26 Å². The van der Waals surface area contributed by atoms with Crippen LogP contribution in [0.4, 0.5) is 0 Å². The molecule has 0 unspecified atom stereocenters. The van der Waals surface area contributed by atoms with Crippen molar-refractivity contribution < 1.29 is 8.42 Å². The maximum Gasteiger partial charge on any atom is 0.147 e. The number of rotatable bonds is 3. The predicted molar refractivity (Wildman–Crippen MR) is 52.3 cm³/mol. The van der Waals surface area contributed by atoms with Gasteiger partial charge in [0.25, 0.3) is 0 Å². The Morgan fingerprint density at radius 3 is 2.17 bits per heavy atom. The van der Waals surface area contributed by atoms with E-state index in [9.17, 15) is 8.42 Å².